The number of benzene rings is 1. The average Bonchev–Trinajstić information content (AvgIpc) is 2.58. The van der Waals surface area contributed by atoms with Crippen molar-refractivity contribution in [3.63, 3.8) is 0 Å². The van der Waals surface area contributed by atoms with Gasteiger partial charge in [-0.3, -0.25) is 4.79 Å². The number of nitrogens with one attached hydrogen (secondary N) is 1. The lowest BCUT2D eigenvalue weighted by atomic mass is 9.65. The highest BCUT2D eigenvalue weighted by molar-refractivity contribution is 5.78. The predicted octanol–water partition coefficient (Wildman–Crippen LogP) is 3.35. The van der Waals surface area contributed by atoms with Crippen molar-refractivity contribution in [3.05, 3.63) is 29.8 Å². The molecule has 0 saturated heterocycles. The van der Waals surface area contributed by atoms with Gasteiger partial charge in [-0.15, -0.1) is 0 Å². The summed E-state index contributed by atoms with van der Waals surface area (Å²) in [4.78, 5) is 12.4. The number of fused-ring (bicyclic) bond motifs is 2. The van der Waals surface area contributed by atoms with E-state index in [0.717, 1.165) is 37.8 Å². The van der Waals surface area contributed by atoms with E-state index < -0.39 is 11.7 Å². The lowest BCUT2D eigenvalue weighted by Crippen LogP contribution is -2.49. The van der Waals surface area contributed by atoms with Gasteiger partial charge in [-0.25, -0.2) is 0 Å². The first-order valence-corrected chi connectivity index (χ1v) is 9.18. The van der Waals surface area contributed by atoms with Crippen LogP contribution in [-0.4, -0.2) is 25.1 Å². The number of carbonyl (C=O) groups excluding carboxylic acids is 1. The summed E-state index contributed by atoms with van der Waals surface area (Å²) in [5.74, 6) is 0.992. The lowest BCUT2D eigenvalue weighted by Gasteiger charge is -2.43. The Morgan fingerprint density at radius 1 is 1.23 bits per heavy atom. The Hall–Kier alpha value is -1.76. The molecule has 0 aromatic heterocycles. The summed E-state index contributed by atoms with van der Waals surface area (Å²) in [6.45, 7) is 0.402. The number of halogens is 3. The SMILES string of the molecule is NC1C2CCCC1CC(C(=O)NCCOc1cccc(C(F)(F)F)c1)C2. The Bertz CT molecular complexity index is 621. The van der Waals surface area contributed by atoms with Gasteiger partial charge in [-0.1, -0.05) is 12.5 Å². The fourth-order valence-corrected chi connectivity index (χ4v) is 4.25. The van der Waals surface area contributed by atoms with E-state index in [0.29, 0.717) is 11.8 Å². The molecule has 2 atom stereocenters. The smallest absolute Gasteiger partial charge is 0.416 e. The molecule has 2 aliphatic carbocycles. The van der Waals surface area contributed by atoms with Crippen LogP contribution in [-0.2, 0) is 11.0 Å². The van der Waals surface area contributed by atoms with Crippen LogP contribution in [0.5, 0.6) is 5.75 Å². The monoisotopic (exact) mass is 370 g/mol. The number of hydrogen-bond acceptors (Lipinski definition) is 3. The Kier molecular flexibility index (Phi) is 5.75. The van der Waals surface area contributed by atoms with Crippen molar-refractivity contribution in [2.75, 3.05) is 13.2 Å². The maximum absolute atomic E-state index is 12.7. The maximum Gasteiger partial charge on any atom is 0.416 e. The first kappa shape index (κ1) is 19.0. The van der Waals surface area contributed by atoms with Crippen LogP contribution < -0.4 is 15.8 Å². The molecule has 2 saturated carbocycles. The van der Waals surface area contributed by atoms with E-state index in [2.05, 4.69) is 5.32 Å². The van der Waals surface area contributed by atoms with Gasteiger partial charge in [0.05, 0.1) is 12.1 Å². The van der Waals surface area contributed by atoms with Crippen molar-refractivity contribution in [3.8, 4) is 5.75 Å². The molecular weight excluding hydrogens is 345 g/mol. The van der Waals surface area contributed by atoms with Gasteiger partial charge in [-0.2, -0.15) is 13.2 Å². The van der Waals surface area contributed by atoms with Crippen LogP contribution in [0.4, 0.5) is 13.2 Å². The van der Waals surface area contributed by atoms with E-state index in [4.69, 9.17) is 10.5 Å². The summed E-state index contributed by atoms with van der Waals surface area (Å²) in [6.07, 6.45) is 0.659. The second-order valence-corrected chi connectivity index (χ2v) is 7.36. The summed E-state index contributed by atoms with van der Waals surface area (Å²) in [5.41, 5.74) is 5.50. The van der Waals surface area contributed by atoms with Crippen LogP contribution in [0.2, 0.25) is 0 Å². The molecule has 26 heavy (non-hydrogen) atoms. The number of nitrogens with two attached hydrogens (primary N) is 1. The molecule has 0 radical (unpaired) electrons. The average molecular weight is 370 g/mol. The minimum Gasteiger partial charge on any atom is -0.492 e. The maximum atomic E-state index is 12.7. The van der Waals surface area contributed by atoms with Gasteiger partial charge in [-0.05, 0) is 55.7 Å². The third-order valence-corrected chi connectivity index (χ3v) is 5.62. The van der Waals surface area contributed by atoms with Crippen molar-refractivity contribution in [2.24, 2.45) is 23.5 Å². The Morgan fingerprint density at radius 2 is 1.92 bits per heavy atom. The standard InChI is InChI=1S/C19H25F3N2O2/c20-19(21,22)15-5-2-6-16(11-15)26-8-7-24-18(25)14-9-12-3-1-4-13(10-14)17(12)23/h2,5-6,11-14,17H,1,3-4,7-10,23H2,(H,24,25). The van der Waals surface area contributed by atoms with Gasteiger partial charge in [0.2, 0.25) is 5.91 Å². The number of amides is 1. The van der Waals surface area contributed by atoms with E-state index in [1.165, 1.54) is 18.6 Å². The molecule has 7 heteroatoms. The molecule has 1 amide bonds. The highest BCUT2D eigenvalue weighted by atomic mass is 19.4. The van der Waals surface area contributed by atoms with Crippen molar-refractivity contribution in [1.29, 1.82) is 0 Å². The van der Waals surface area contributed by atoms with Crippen LogP contribution in [0.3, 0.4) is 0 Å². The Balaban J connectivity index is 1.43. The highest BCUT2D eigenvalue weighted by Crippen LogP contribution is 2.41. The fraction of sp³-hybridized carbons (Fsp3) is 0.632. The van der Waals surface area contributed by atoms with Crippen LogP contribution >= 0.6 is 0 Å². The third-order valence-electron chi connectivity index (χ3n) is 5.62. The Morgan fingerprint density at radius 3 is 2.58 bits per heavy atom. The number of carbonyl (C=O) groups is 1. The zero-order chi connectivity index (χ0) is 18.7. The molecule has 4 nitrogen and oxygen atoms in total. The summed E-state index contributed by atoms with van der Waals surface area (Å²) in [5, 5.41) is 2.84. The van der Waals surface area contributed by atoms with Gasteiger partial charge in [0.25, 0.3) is 0 Å². The quantitative estimate of drug-likeness (QED) is 0.782. The van der Waals surface area contributed by atoms with Gasteiger partial charge >= 0.3 is 6.18 Å². The molecule has 2 aliphatic rings. The first-order chi connectivity index (χ1) is 12.3. The van der Waals surface area contributed by atoms with Gasteiger partial charge in [0, 0.05) is 12.0 Å². The molecule has 2 fully saturated rings. The topological polar surface area (TPSA) is 64.4 Å². The van der Waals surface area contributed by atoms with E-state index in [1.807, 2.05) is 0 Å². The van der Waals surface area contributed by atoms with Gasteiger partial charge in [0.1, 0.15) is 12.4 Å². The predicted molar refractivity (Wildman–Crippen MR) is 91.5 cm³/mol. The van der Waals surface area contributed by atoms with E-state index >= 15 is 0 Å². The third kappa shape index (κ3) is 4.50. The van der Waals surface area contributed by atoms with Crippen LogP contribution in [0.1, 0.15) is 37.7 Å². The van der Waals surface area contributed by atoms with Crippen LogP contribution in [0.15, 0.2) is 24.3 Å². The summed E-state index contributed by atoms with van der Waals surface area (Å²) in [6, 6.07) is 4.96. The molecular formula is C19H25F3N2O2. The highest BCUT2D eigenvalue weighted by Gasteiger charge is 2.40. The number of ether oxygens (including phenoxy) is 1. The Labute approximate surface area is 151 Å². The van der Waals surface area contributed by atoms with Crippen molar-refractivity contribution in [1.82, 2.24) is 5.32 Å². The van der Waals surface area contributed by atoms with Crippen molar-refractivity contribution in [2.45, 2.75) is 44.3 Å². The lowest BCUT2D eigenvalue weighted by molar-refractivity contribution is -0.137. The molecule has 3 rings (SSSR count). The minimum atomic E-state index is -4.40. The van der Waals surface area contributed by atoms with Crippen molar-refractivity contribution < 1.29 is 22.7 Å². The summed E-state index contributed by atoms with van der Waals surface area (Å²) >= 11 is 0. The van der Waals surface area contributed by atoms with Crippen molar-refractivity contribution >= 4 is 5.91 Å². The van der Waals surface area contributed by atoms with Crippen LogP contribution in [0, 0.1) is 17.8 Å². The number of alkyl halides is 3. The molecule has 1 aromatic rings. The summed E-state index contributed by atoms with van der Waals surface area (Å²) < 4.78 is 43.4. The molecule has 0 spiro atoms. The first-order valence-electron chi connectivity index (χ1n) is 9.18. The largest absolute Gasteiger partial charge is 0.492 e. The fourth-order valence-electron chi connectivity index (χ4n) is 4.25. The molecule has 0 aliphatic heterocycles. The zero-order valence-electron chi connectivity index (χ0n) is 14.6. The number of hydrogen-bond donors (Lipinski definition) is 2. The molecule has 2 unspecified atom stereocenters. The van der Waals surface area contributed by atoms with Gasteiger partial charge < -0.3 is 15.8 Å². The second-order valence-electron chi connectivity index (χ2n) is 7.36. The van der Waals surface area contributed by atoms with Crippen LogP contribution in [0.25, 0.3) is 0 Å². The molecule has 3 N–H and O–H groups in total. The molecule has 1 aromatic carbocycles. The van der Waals surface area contributed by atoms with E-state index in [1.54, 1.807) is 0 Å². The van der Waals surface area contributed by atoms with Gasteiger partial charge in [0.15, 0.2) is 0 Å². The van der Waals surface area contributed by atoms with E-state index in [-0.39, 0.29) is 36.8 Å². The zero-order valence-corrected chi connectivity index (χ0v) is 14.6. The molecule has 0 heterocycles. The summed E-state index contributed by atoms with van der Waals surface area (Å²) in [7, 11) is 0. The normalized spacial score (nSPS) is 28.5. The number of rotatable bonds is 5. The van der Waals surface area contributed by atoms with E-state index in [9.17, 15) is 18.0 Å². The molecule has 144 valence electrons. The minimum absolute atomic E-state index is 0.00134. The molecule has 2 bridgehead atoms. The second kappa shape index (κ2) is 7.86.